The largest absolute Gasteiger partial charge is 0.493 e. The Hall–Kier alpha value is -5.48. The van der Waals surface area contributed by atoms with Crippen molar-refractivity contribution >= 4 is 12.0 Å². The first-order chi connectivity index (χ1) is 21.5. The molecule has 0 saturated heterocycles. The lowest BCUT2D eigenvalue weighted by Crippen LogP contribution is -2.21. The number of ether oxygens (including phenoxy) is 4. The van der Waals surface area contributed by atoms with Crippen molar-refractivity contribution in [2.75, 3.05) is 7.11 Å². The predicted molar refractivity (Wildman–Crippen MR) is 174 cm³/mol. The summed E-state index contributed by atoms with van der Waals surface area (Å²) in [7, 11) is 1.57. The van der Waals surface area contributed by atoms with Gasteiger partial charge in [-0.2, -0.15) is 5.26 Å². The third kappa shape index (κ3) is 7.19. The fourth-order valence-corrected chi connectivity index (χ4v) is 5.08. The molecular formula is C38H36N2O5. The summed E-state index contributed by atoms with van der Waals surface area (Å²) in [5.74, 6) is 0.696. The van der Waals surface area contributed by atoms with Crippen molar-refractivity contribution in [1.82, 2.24) is 0 Å². The first-order valence-electron chi connectivity index (χ1n) is 14.6. The number of allylic oxidation sites excluding steroid dienone is 1. The molecule has 7 nitrogen and oxygen atoms in total. The van der Waals surface area contributed by atoms with Crippen LogP contribution in [-0.4, -0.2) is 13.1 Å². The number of carbonyl (C=O) groups excluding carboxylic acids is 1. The van der Waals surface area contributed by atoms with Gasteiger partial charge >= 0.3 is 5.97 Å². The number of nitriles is 1. The number of aryl methyl sites for hydroxylation is 1. The van der Waals surface area contributed by atoms with Crippen LogP contribution in [0.1, 0.15) is 60.1 Å². The van der Waals surface area contributed by atoms with Gasteiger partial charge in [0.2, 0.25) is 5.88 Å². The molecule has 1 atom stereocenters. The summed E-state index contributed by atoms with van der Waals surface area (Å²) in [6, 6.07) is 29.0. The van der Waals surface area contributed by atoms with Crippen LogP contribution in [0.4, 0.5) is 0 Å². The molecule has 0 amide bonds. The zero-order chi connectivity index (χ0) is 32.1. The van der Waals surface area contributed by atoms with Crippen molar-refractivity contribution in [2.24, 2.45) is 5.73 Å². The Morgan fingerprint density at radius 3 is 2.38 bits per heavy atom. The van der Waals surface area contributed by atoms with E-state index < -0.39 is 11.9 Å². The molecule has 1 aliphatic rings. The lowest BCUT2D eigenvalue weighted by Gasteiger charge is -2.27. The first-order valence-corrected chi connectivity index (χ1v) is 14.6. The van der Waals surface area contributed by atoms with E-state index in [0.717, 1.165) is 16.7 Å². The van der Waals surface area contributed by atoms with Crippen LogP contribution in [0.2, 0.25) is 0 Å². The van der Waals surface area contributed by atoms with E-state index in [0.29, 0.717) is 29.4 Å². The number of hydrogen-bond donors (Lipinski definition) is 1. The molecule has 1 heterocycles. The second kappa shape index (κ2) is 13.0. The van der Waals surface area contributed by atoms with E-state index in [4.69, 9.17) is 24.7 Å². The SMILES string of the molecule is COc1cc(C2C(C#N)=C(N)Oc3cc(OC(=O)/C=C/c4ccc(C(C)(C)C)cc4)ccc32)ccc1OCc1ccc(C)cc1. The molecule has 4 aromatic carbocycles. The van der Waals surface area contributed by atoms with Gasteiger partial charge in [0.25, 0.3) is 0 Å². The summed E-state index contributed by atoms with van der Waals surface area (Å²) in [4.78, 5) is 12.6. The van der Waals surface area contributed by atoms with Gasteiger partial charge in [0.15, 0.2) is 11.5 Å². The maximum absolute atomic E-state index is 12.6. The van der Waals surface area contributed by atoms with Crippen LogP contribution in [0.15, 0.2) is 102 Å². The van der Waals surface area contributed by atoms with E-state index in [1.54, 1.807) is 31.4 Å². The molecule has 0 bridgehead atoms. The number of nitrogens with zero attached hydrogens (tertiary/aromatic N) is 1. The van der Waals surface area contributed by atoms with Gasteiger partial charge in [-0.1, -0.05) is 87.0 Å². The molecular weight excluding hydrogens is 564 g/mol. The van der Waals surface area contributed by atoms with Crippen LogP contribution in [0, 0.1) is 18.3 Å². The van der Waals surface area contributed by atoms with E-state index >= 15 is 0 Å². The monoisotopic (exact) mass is 600 g/mol. The second-order valence-corrected chi connectivity index (χ2v) is 11.9. The van der Waals surface area contributed by atoms with Gasteiger partial charge < -0.3 is 24.7 Å². The maximum atomic E-state index is 12.6. The number of benzene rings is 4. The van der Waals surface area contributed by atoms with Gasteiger partial charge in [0.05, 0.1) is 13.0 Å². The Bertz CT molecular complexity index is 1810. The molecule has 0 spiro atoms. The maximum Gasteiger partial charge on any atom is 0.336 e. The van der Waals surface area contributed by atoms with Gasteiger partial charge in [0, 0.05) is 17.7 Å². The van der Waals surface area contributed by atoms with Gasteiger partial charge in [-0.05, 0) is 58.9 Å². The van der Waals surface area contributed by atoms with Crippen LogP contribution < -0.4 is 24.7 Å². The third-order valence-electron chi connectivity index (χ3n) is 7.63. The molecule has 2 N–H and O–H groups in total. The minimum absolute atomic E-state index is 0.0178. The summed E-state index contributed by atoms with van der Waals surface area (Å²) in [6.07, 6.45) is 3.09. The standard InChI is InChI=1S/C38H36N2O5/c1-24-6-8-26(9-7-24)23-43-32-18-13-27(20-34(32)42-5)36-30-17-16-29(21-33(30)45-37(40)31(36)22-39)44-35(41)19-12-25-10-14-28(15-11-25)38(2,3)4/h6-21,36H,23,40H2,1-5H3/b19-12+. The number of methoxy groups -OCH3 is 1. The molecule has 228 valence electrons. The van der Waals surface area contributed by atoms with Crippen molar-refractivity contribution in [3.05, 3.63) is 136 Å². The molecule has 0 fully saturated rings. The highest BCUT2D eigenvalue weighted by Crippen LogP contribution is 2.45. The lowest BCUT2D eigenvalue weighted by molar-refractivity contribution is -0.128. The van der Waals surface area contributed by atoms with E-state index in [-0.39, 0.29) is 22.6 Å². The van der Waals surface area contributed by atoms with Crippen LogP contribution in [0.25, 0.3) is 6.08 Å². The van der Waals surface area contributed by atoms with Crippen molar-refractivity contribution in [3.8, 4) is 29.1 Å². The Morgan fingerprint density at radius 1 is 0.978 bits per heavy atom. The highest BCUT2D eigenvalue weighted by atomic mass is 16.5. The molecule has 0 saturated carbocycles. The average molecular weight is 601 g/mol. The number of carbonyl (C=O) groups is 1. The zero-order valence-corrected chi connectivity index (χ0v) is 26.1. The lowest BCUT2D eigenvalue weighted by atomic mass is 9.83. The van der Waals surface area contributed by atoms with E-state index in [1.165, 1.54) is 17.2 Å². The molecule has 4 aromatic rings. The topological polar surface area (TPSA) is 104 Å². The molecule has 1 aliphatic heterocycles. The molecule has 45 heavy (non-hydrogen) atoms. The predicted octanol–water partition coefficient (Wildman–Crippen LogP) is 7.72. The van der Waals surface area contributed by atoms with Crippen LogP contribution in [-0.2, 0) is 16.8 Å². The number of esters is 1. The van der Waals surface area contributed by atoms with E-state index in [9.17, 15) is 10.1 Å². The quantitative estimate of drug-likeness (QED) is 0.125. The first kappa shape index (κ1) is 31.0. The van der Waals surface area contributed by atoms with Gasteiger partial charge in [-0.15, -0.1) is 0 Å². The van der Waals surface area contributed by atoms with Crippen LogP contribution >= 0.6 is 0 Å². The van der Waals surface area contributed by atoms with E-state index in [2.05, 4.69) is 39.0 Å². The van der Waals surface area contributed by atoms with Crippen molar-refractivity contribution in [3.63, 3.8) is 0 Å². The Kier molecular flexibility index (Phi) is 8.96. The van der Waals surface area contributed by atoms with E-state index in [1.807, 2.05) is 61.5 Å². The number of rotatable bonds is 8. The van der Waals surface area contributed by atoms with Gasteiger partial charge in [0.1, 0.15) is 29.7 Å². The summed E-state index contributed by atoms with van der Waals surface area (Å²) in [5.41, 5.74) is 12.3. The third-order valence-corrected chi connectivity index (χ3v) is 7.63. The van der Waals surface area contributed by atoms with Crippen LogP contribution in [0.3, 0.4) is 0 Å². The summed E-state index contributed by atoms with van der Waals surface area (Å²) < 4.78 is 23.1. The minimum atomic E-state index is -0.533. The summed E-state index contributed by atoms with van der Waals surface area (Å²) in [6.45, 7) is 8.88. The zero-order valence-electron chi connectivity index (χ0n) is 26.1. The Balaban J connectivity index is 1.35. The van der Waals surface area contributed by atoms with Crippen molar-refractivity contribution in [2.45, 2.75) is 45.6 Å². The van der Waals surface area contributed by atoms with Gasteiger partial charge in [-0.25, -0.2) is 4.79 Å². The molecule has 0 aliphatic carbocycles. The Morgan fingerprint density at radius 2 is 1.71 bits per heavy atom. The molecule has 0 aromatic heterocycles. The Labute approximate surface area is 264 Å². The van der Waals surface area contributed by atoms with Crippen molar-refractivity contribution in [1.29, 1.82) is 5.26 Å². The highest BCUT2D eigenvalue weighted by Gasteiger charge is 2.31. The van der Waals surface area contributed by atoms with Crippen LogP contribution in [0.5, 0.6) is 23.0 Å². The fourth-order valence-electron chi connectivity index (χ4n) is 5.08. The molecule has 7 heteroatoms. The number of fused-ring (bicyclic) bond motifs is 1. The summed E-state index contributed by atoms with van der Waals surface area (Å²) >= 11 is 0. The second-order valence-electron chi connectivity index (χ2n) is 11.9. The average Bonchev–Trinajstić information content (AvgIpc) is 3.02. The highest BCUT2D eigenvalue weighted by molar-refractivity contribution is 5.88. The fraction of sp³-hybridized carbons (Fsp3) is 0.211. The van der Waals surface area contributed by atoms with Gasteiger partial charge in [-0.3, -0.25) is 0 Å². The minimum Gasteiger partial charge on any atom is -0.493 e. The number of nitrogens with two attached hydrogens (primary N) is 1. The molecule has 1 unspecified atom stereocenters. The normalized spacial score (nSPS) is 14.4. The molecule has 5 rings (SSSR count). The summed E-state index contributed by atoms with van der Waals surface area (Å²) in [5, 5.41) is 10.0. The molecule has 0 radical (unpaired) electrons. The number of hydrogen-bond acceptors (Lipinski definition) is 7. The van der Waals surface area contributed by atoms with Crippen molar-refractivity contribution < 1.29 is 23.7 Å². The smallest absolute Gasteiger partial charge is 0.336 e.